The summed E-state index contributed by atoms with van der Waals surface area (Å²) in [6.45, 7) is 3.15. The van der Waals surface area contributed by atoms with Crippen molar-refractivity contribution in [3.05, 3.63) is 39.9 Å². The minimum absolute atomic E-state index is 0.0227. The van der Waals surface area contributed by atoms with E-state index in [1.165, 1.54) is 6.92 Å². The van der Waals surface area contributed by atoms with E-state index in [4.69, 9.17) is 16.7 Å². The summed E-state index contributed by atoms with van der Waals surface area (Å²) in [4.78, 5) is 25.8. The van der Waals surface area contributed by atoms with Crippen LogP contribution in [0.15, 0.2) is 39.6 Å². The molecular weight excluding hydrogens is 344 g/mol. The van der Waals surface area contributed by atoms with Gasteiger partial charge in [-0.3, -0.25) is 14.5 Å². The molecule has 0 saturated heterocycles. The highest BCUT2D eigenvalue weighted by Gasteiger charge is 2.39. The van der Waals surface area contributed by atoms with Gasteiger partial charge in [0.2, 0.25) is 0 Å². The molecule has 0 fully saturated rings. The molecule has 7 nitrogen and oxygen atoms in total. The smallest absolute Gasteiger partial charge is 0.271 e. The Labute approximate surface area is 150 Å². The maximum atomic E-state index is 12.6. The van der Waals surface area contributed by atoms with Gasteiger partial charge >= 0.3 is 0 Å². The maximum absolute atomic E-state index is 12.6. The molecule has 2 rings (SSSR count). The largest absolute Gasteiger partial charge is 0.396 e. The number of nitrogens with zero attached hydrogens (tertiary/aromatic N) is 4. The number of carbonyl (C=O) groups is 2. The molecule has 25 heavy (non-hydrogen) atoms. The van der Waals surface area contributed by atoms with Crippen LogP contribution in [0.5, 0.6) is 0 Å². The summed E-state index contributed by atoms with van der Waals surface area (Å²) in [7, 11) is 0. The van der Waals surface area contributed by atoms with E-state index >= 15 is 0 Å². The summed E-state index contributed by atoms with van der Waals surface area (Å²) < 4.78 is 0. The average molecular weight is 361 g/mol. The number of carbonyl (C=O) groups excluding carboxylic acids is 2. The number of hydrogen-bond acceptors (Lipinski definition) is 6. The van der Waals surface area contributed by atoms with Crippen molar-refractivity contribution in [2.75, 3.05) is 13.2 Å². The third kappa shape index (κ3) is 3.76. The molecule has 0 spiro atoms. The van der Waals surface area contributed by atoms with Crippen molar-refractivity contribution >= 4 is 29.1 Å². The Bertz CT molecular complexity index is 811. The third-order valence-electron chi connectivity index (χ3n) is 3.94. The van der Waals surface area contributed by atoms with Crippen molar-refractivity contribution in [2.45, 2.75) is 26.3 Å². The maximum Gasteiger partial charge on any atom is 0.271 e. The monoisotopic (exact) mass is 360 g/mol. The first-order valence-electron chi connectivity index (χ1n) is 7.65. The molecular formula is C17H17ClN4O3. The van der Waals surface area contributed by atoms with E-state index in [1.54, 1.807) is 25.1 Å². The van der Waals surface area contributed by atoms with Gasteiger partial charge in [0.25, 0.3) is 11.8 Å². The van der Waals surface area contributed by atoms with E-state index in [9.17, 15) is 14.9 Å². The van der Waals surface area contributed by atoms with Gasteiger partial charge in [-0.2, -0.15) is 15.5 Å². The second-order valence-corrected chi connectivity index (χ2v) is 5.95. The fourth-order valence-electron chi connectivity index (χ4n) is 2.41. The van der Waals surface area contributed by atoms with E-state index in [1.807, 2.05) is 6.07 Å². The van der Waals surface area contributed by atoms with E-state index < -0.39 is 17.9 Å². The molecule has 1 heterocycles. The van der Waals surface area contributed by atoms with E-state index in [0.29, 0.717) is 16.3 Å². The standard InChI is InChI=1S/C17H17ClN4O3/c1-10-12(9-19)16(24)22(7-4-8-23)17(25)15(10)21-20-14-6-3-5-13(18)11(14)2/h3,5-6,15,23H,4,7-8H2,1-2H3. The predicted octanol–water partition coefficient (Wildman–Crippen LogP) is 2.69. The highest BCUT2D eigenvalue weighted by Crippen LogP contribution is 2.28. The first-order chi connectivity index (χ1) is 11.9. The zero-order valence-corrected chi connectivity index (χ0v) is 14.6. The fraction of sp³-hybridized carbons (Fsp3) is 0.353. The van der Waals surface area contributed by atoms with Crippen LogP contribution in [0.25, 0.3) is 0 Å². The molecule has 1 aliphatic heterocycles. The van der Waals surface area contributed by atoms with Crippen LogP contribution in [0.1, 0.15) is 18.9 Å². The first kappa shape index (κ1) is 18.8. The number of amides is 2. The van der Waals surface area contributed by atoms with Crippen LogP contribution < -0.4 is 0 Å². The van der Waals surface area contributed by atoms with Gasteiger partial charge in [0.15, 0.2) is 6.04 Å². The van der Waals surface area contributed by atoms with Crippen LogP contribution in [-0.2, 0) is 9.59 Å². The second kappa shape index (κ2) is 8.01. The lowest BCUT2D eigenvalue weighted by atomic mass is 9.96. The quantitative estimate of drug-likeness (QED) is 0.643. The molecule has 0 aromatic heterocycles. The molecule has 1 N–H and O–H groups in total. The Hall–Kier alpha value is -2.56. The topological polar surface area (TPSA) is 106 Å². The Morgan fingerprint density at radius 2 is 2.08 bits per heavy atom. The van der Waals surface area contributed by atoms with Crippen molar-refractivity contribution in [2.24, 2.45) is 10.2 Å². The van der Waals surface area contributed by atoms with Crippen molar-refractivity contribution in [1.29, 1.82) is 5.26 Å². The summed E-state index contributed by atoms with van der Waals surface area (Å²) in [5.74, 6) is -1.22. The minimum atomic E-state index is -1.05. The summed E-state index contributed by atoms with van der Waals surface area (Å²) in [5, 5.41) is 26.8. The third-order valence-corrected chi connectivity index (χ3v) is 4.34. The molecule has 1 aliphatic rings. The Kier molecular flexibility index (Phi) is 6.02. The van der Waals surface area contributed by atoms with Gasteiger partial charge in [-0.05, 0) is 43.5 Å². The molecule has 2 amide bonds. The first-order valence-corrected chi connectivity index (χ1v) is 8.03. The molecule has 1 atom stereocenters. The van der Waals surface area contributed by atoms with Crippen LogP contribution in [0, 0.1) is 18.3 Å². The van der Waals surface area contributed by atoms with Crippen molar-refractivity contribution in [1.82, 2.24) is 4.90 Å². The van der Waals surface area contributed by atoms with Gasteiger partial charge in [-0.25, -0.2) is 0 Å². The van der Waals surface area contributed by atoms with Crippen molar-refractivity contribution in [3.8, 4) is 6.07 Å². The number of aliphatic hydroxyl groups is 1. The van der Waals surface area contributed by atoms with Crippen molar-refractivity contribution < 1.29 is 14.7 Å². The molecule has 1 aromatic carbocycles. The molecule has 1 unspecified atom stereocenters. The molecule has 0 bridgehead atoms. The summed E-state index contributed by atoms with van der Waals surface area (Å²) in [6.07, 6.45) is 0.229. The van der Waals surface area contributed by atoms with Gasteiger partial charge in [0.05, 0.1) is 5.69 Å². The number of benzene rings is 1. The van der Waals surface area contributed by atoms with Gasteiger partial charge in [-0.1, -0.05) is 17.7 Å². The zero-order chi connectivity index (χ0) is 18.6. The fourth-order valence-corrected chi connectivity index (χ4v) is 2.58. The van der Waals surface area contributed by atoms with Crippen LogP contribution >= 0.6 is 11.6 Å². The number of nitriles is 1. The van der Waals surface area contributed by atoms with Crippen LogP contribution in [0.2, 0.25) is 5.02 Å². The van der Waals surface area contributed by atoms with E-state index in [2.05, 4.69) is 10.2 Å². The Morgan fingerprint density at radius 1 is 1.36 bits per heavy atom. The Balaban J connectivity index is 2.40. The van der Waals surface area contributed by atoms with Crippen LogP contribution in [0.3, 0.4) is 0 Å². The summed E-state index contributed by atoms with van der Waals surface area (Å²) in [6, 6.07) is 5.92. The van der Waals surface area contributed by atoms with Crippen LogP contribution in [0.4, 0.5) is 5.69 Å². The molecule has 8 heteroatoms. The lowest BCUT2D eigenvalue weighted by Crippen LogP contribution is -2.48. The number of hydrogen-bond donors (Lipinski definition) is 1. The van der Waals surface area contributed by atoms with E-state index in [0.717, 1.165) is 4.90 Å². The molecule has 0 saturated carbocycles. The number of halogens is 1. The number of azo groups is 1. The molecule has 0 aliphatic carbocycles. The lowest BCUT2D eigenvalue weighted by molar-refractivity contribution is -0.144. The number of imide groups is 1. The second-order valence-electron chi connectivity index (χ2n) is 5.54. The lowest BCUT2D eigenvalue weighted by Gasteiger charge is -2.28. The molecule has 0 radical (unpaired) electrons. The minimum Gasteiger partial charge on any atom is -0.396 e. The molecule has 130 valence electrons. The van der Waals surface area contributed by atoms with Gasteiger partial charge < -0.3 is 5.11 Å². The SMILES string of the molecule is CC1=C(C#N)C(=O)N(CCCO)C(=O)C1N=Nc1cccc(Cl)c1C. The van der Waals surface area contributed by atoms with Crippen LogP contribution in [-0.4, -0.2) is 41.0 Å². The average Bonchev–Trinajstić information content (AvgIpc) is 2.58. The van der Waals surface area contributed by atoms with E-state index in [-0.39, 0.29) is 30.7 Å². The van der Waals surface area contributed by atoms with Gasteiger partial charge in [-0.15, -0.1) is 0 Å². The number of rotatable bonds is 5. The summed E-state index contributed by atoms with van der Waals surface area (Å²) >= 11 is 6.04. The normalized spacial score (nSPS) is 18.2. The van der Waals surface area contributed by atoms with Gasteiger partial charge in [0, 0.05) is 18.2 Å². The van der Waals surface area contributed by atoms with Crippen molar-refractivity contribution in [3.63, 3.8) is 0 Å². The molecule has 1 aromatic rings. The predicted molar refractivity (Wildman–Crippen MR) is 91.2 cm³/mol. The highest BCUT2D eigenvalue weighted by molar-refractivity contribution is 6.31. The van der Waals surface area contributed by atoms with Gasteiger partial charge in [0.1, 0.15) is 11.6 Å². The zero-order valence-electron chi connectivity index (χ0n) is 13.9. The highest BCUT2D eigenvalue weighted by atomic mass is 35.5. The Morgan fingerprint density at radius 3 is 2.72 bits per heavy atom. The summed E-state index contributed by atoms with van der Waals surface area (Å²) in [5.41, 5.74) is 1.36. The number of aliphatic hydroxyl groups excluding tert-OH is 1.